The van der Waals surface area contributed by atoms with Crippen molar-refractivity contribution >= 4 is 29.7 Å². The lowest BCUT2D eigenvalue weighted by Gasteiger charge is -2.30. The third-order valence-electron chi connectivity index (χ3n) is 6.12. The quantitative estimate of drug-likeness (QED) is 0.433. The van der Waals surface area contributed by atoms with Gasteiger partial charge in [0.15, 0.2) is 12.4 Å². The molecule has 0 spiro atoms. The summed E-state index contributed by atoms with van der Waals surface area (Å²) < 4.78 is 10.2. The second-order valence-corrected chi connectivity index (χ2v) is 9.30. The number of rotatable bonds is 11. The number of ether oxygens (including phenoxy) is 2. The predicted octanol–water partition coefficient (Wildman–Crippen LogP) is 2.47. The van der Waals surface area contributed by atoms with E-state index in [2.05, 4.69) is 10.6 Å². The standard InChI is InChI=1S/C28H33N3O7/c1-19(2)25(30-24(33)16-29-28(36)38-17-20-10-5-3-6-11-20)26(34)31-15-9-14-22(31)23(32)18-37-27(35)21-12-7-4-8-13-21/h3-8,10-13,19,22,25H,9,14-18H2,1-2H3,(H,29,36)(H,30,33)/t22-,25-/m0/s1. The molecule has 202 valence electrons. The van der Waals surface area contributed by atoms with Crippen molar-refractivity contribution in [2.45, 2.75) is 45.4 Å². The zero-order valence-electron chi connectivity index (χ0n) is 21.6. The van der Waals surface area contributed by atoms with E-state index in [0.29, 0.717) is 24.9 Å². The van der Waals surface area contributed by atoms with Crippen LogP contribution >= 0.6 is 0 Å². The smallest absolute Gasteiger partial charge is 0.407 e. The van der Waals surface area contributed by atoms with Gasteiger partial charge in [0.2, 0.25) is 11.8 Å². The first-order chi connectivity index (χ1) is 18.3. The molecule has 1 fully saturated rings. The van der Waals surface area contributed by atoms with Crippen LogP contribution in [-0.2, 0) is 30.5 Å². The number of carbonyl (C=O) groups is 5. The van der Waals surface area contributed by atoms with Gasteiger partial charge in [-0.05, 0) is 36.5 Å². The molecular formula is C28H33N3O7. The van der Waals surface area contributed by atoms with Gasteiger partial charge in [0.1, 0.15) is 19.2 Å². The average molecular weight is 524 g/mol. The van der Waals surface area contributed by atoms with Crippen LogP contribution in [0.5, 0.6) is 0 Å². The Morgan fingerprint density at radius 2 is 1.61 bits per heavy atom. The number of alkyl carbamates (subject to hydrolysis) is 1. The lowest BCUT2D eigenvalue weighted by Crippen LogP contribution is -2.55. The van der Waals surface area contributed by atoms with Gasteiger partial charge in [-0.1, -0.05) is 62.4 Å². The molecule has 1 heterocycles. The Labute approximate surface area is 221 Å². The Morgan fingerprint density at radius 1 is 0.947 bits per heavy atom. The molecule has 1 aliphatic heterocycles. The lowest BCUT2D eigenvalue weighted by molar-refractivity contribution is -0.142. The minimum atomic E-state index is -0.898. The zero-order chi connectivity index (χ0) is 27.5. The summed E-state index contributed by atoms with van der Waals surface area (Å²) in [6.07, 6.45) is 0.301. The van der Waals surface area contributed by atoms with E-state index in [9.17, 15) is 24.0 Å². The van der Waals surface area contributed by atoms with Gasteiger partial charge < -0.3 is 25.0 Å². The average Bonchev–Trinajstić information content (AvgIpc) is 3.43. The monoisotopic (exact) mass is 523 g/mol. The molecule has 2 atom stereocenters. The predicted molar refractivity (Wildman–Crippen MR) is 138 cm³/mol. The molecule has 38 heavy (non-hydrogen) atoms. The fourth-order valence-corrected chi connectivity index (χ4v) is 4.10. The SMILES string of the molecule is CC(C)[C@H](NC(=O)CNC(=O)OCc1ccccc1)C(=O)N1CCC[C@H]1C(=O)COC(=O)c1ccccc1. The number of hydrogen-bond acceptors (Lipinski definition) is 7. The van der Waals surface area contributed by atoms with Crippen LogP contribution in [0.1, 0.15) is 42.6 Å². The number of nitrogens with zero attached hydrogens (tertiary/aromatic N) is 1. The number of benzene rings is 2. The molecule has 2 N–H and O–H groups in total. The third kappa shape index (κ3) is 8.16. The summed E-state index contributed by atoms with van der Waals surface area (Å²) in [6, 6.07) is 15.8. The fourth-order valence-electron chi connectivity index (χ4n) is 4.10. The van der Waals surface area contributed by atoms with Crippen molar-refractivity contribution in [3.8, 4) is 0 Å². The van der Waals surface area contributed by atoms with Crippen molar-refractivity contribution in [1.82, 2.24) is 15.5 Å². The second kappa shape index (κ2) is 13.9. The molecule has 1 aliphatic rings. The van der Waals surface area contributed by atoms with Crippen molar-refractivity contribution in [2.75, 3.05) is 19.7 Å². The summed E-state index contributed by atoms with van der Waals surface area (Å²) >= 11 is 0. The minimum Gasteiger partial charge on any atom is -0.454 e. The first kappa shape index (κ1) is 28.4. The largest absolute Gasteiger partial charge is 0.454 e. The third-order valence-corrected chi connectivity index (χ3v) is 6.12. The highest BCUT2D eigenvalue weighted by atomic mass is 16.5. The van der Waals surface area contributed by atoms with E-state index in [4.69, 9.17) is 9.47 Å². The summed E-state index contributed by atoms with van der Waals surface area (Å²) in [7, 11) is 0. The van der Waals surface area contributed by atoms with Gasteiger partial charge in [0, 0.05) is 6.54 Å². The van der Waals surface area contributed by atoms with Crippen LogP contribution in [0.25, 0.3) is 0 Å². The number of carbonyl (C=O) groups excluding carboxylic acids is 5. The number of amides is 3. The van der Waals surface area contributed by atoms with Crippen LogP contribution in [0.2, 0.25) is 0 Å². The molecule has 3 amide bonds. The van der Waals surface area contributed by atoms with Crippen LogP contribution in [-0.4, -0.2) is 66.3 Å². The van der Waals surface area contributed by atoms with Gasteiger partial charge in [-0.15, -0.1) is 0 Å². The van der Waals surface area contributed by atoms with Crippen LogP contribution in [0.3, 0.4) is 0 Å². The van der Waals surface area contributed by atoms with E-state index in [-0.39, 0.29) is 24.9 Å². The van der Waals surface area contributed by atoms with E-state index < -0.39 is 42.6 Å². The van der Waals surface area contributed by atoms with E-state index in [1.807, 2.05) is 30.3 Å². The van der Waals surface area contributed by atoms with E-state index >= 15 is 0 Å². The van der Waals surface area contributed by atoms with Crippen molar-refractivity contribution in [3.05, 3.63) is 71.8 Å². The molecule has 3 rings (SSSR count). The number of nitrogens with one attached hydrogen (secondary N) is 2. The Kier molecular flexibility index (Phi) is 10.4. The molecule has 0 radical (unpaired) electrons. The summed E-state index contributed by atoms with van der Waals surface area (Å²) in [4.78, 5) is 64.2. The Balaban J connectivity index is 1.49. The van der Waals surface area contributed by atoms with E-state index in [1.165, 1.54) is 4.90 Å². The number of ketones is 1. The van der Waals surface area contributed by atoms with Gasteiger partial charge in [-0.25, -0.2) is 9.59 Å². The van der Waals surface area contributed by atoms with Crippen molar-refractivity contribution in [3.63, 3.8) is 0 Å². The lowest BCUT2D eigenvalue weighted by atomic mass is 10.0. The number of hydrogen-bond donors (Lipinski definition) is 2. The Hall–Kier alpha value is -4.21. The number of esters is 1. The van der Waals surface area contributed by atoms with Crippen molar-refractivity contribution in [1.29, 1.82) is 0 Å². The van der Waals surface area contributed by atoms with E-state index in [0.717, 1.165) is 5.56 Å². The highest BCUT2D eigenvalue weighted by Crippen LogP contribution is 2.21. The number of Topliss-reactive ketones (excluding diaryl/α,β-unsaturated/α-hetero) is 1. The summed E-state index contributed by atoms with van der Waals surface area (Å²) in [5.74, 6) is -2.23. The second-order valence-electron chi connectivity index (χ2n) is 9.30. The zero-order valence-corrected chi connectivity index (χ0v) is 21.6. The normalized spacial score (nSPS) is 15.4. The Bertz CT molecular complexity index is 1120. The van der Waals surface area contributed by atoms with Crippen LogP contribution < -0.4 is 10.6 Å². The van der Waals surface area contributed by atoms with Gasteiger partial charge >= 0.3 is 12.1 Å². The first-order valence-corrected chi connectivity index (χ1v) is 12.6. The molecule has 0 unspecified atom stereocenters. The molecule has 0 bridgehead atoms. The van der Waals surface area contributed by atoms with Crippen molar-refractivity contribution < 1.29 is 33.4 Å². The van der Waals surface area contributed by atoms with Gasteiger partial charge in [0.05, 0.1) is 11.6 Å². The molecule has 2 aromatic carbocycles. The van der Waals surface area contributed by atoms with Crippen LogP contribution in [0.15, 0.2) is 60.7 Å². The van der Waals surface area contributed by atoms with Gasteiger partial charge in [-0.2, -0.15) is 0 Å². The maximum Gasteiger partial charge on any atom is 0.407 e. The molecule has 0 aromatic heterocycles. The van der Waals surface area contributed by atoms with E-state index in [1.54, 1.807) is 44.2 Å². The first-order valence-electron chi connectivity index (χ1n) is 12.6. The molecule has 0 saturated carbocycles. The maximum atomic E-state index is 13.3. The maximum absolute atomic E-state index is 13.3. The molecule has 0 aliphatic carbocycles. The highest BCUT2D eigenvalue weighted by Gasteiger charge is 2.38. The molecule has 2 aromatic rings. The summed E-state index contributed by atoms with van der Waals surface area (Å²) in [6.45, 7) is 3.15. The molecule has 1 saturated heterocycles. The number of likely N-dealkylation sites (tertiary alicyclic amines) is 1. The van der Waals surface area contributed by atoms with Crippen LogP contribution in [0.4, 0.5) is 4.79 Å². The van der Waals surface area contributed by atoms with Gasteiger partial charge in [0.25, 0.3) is 0 Å². The van der Waals surface area contributed by atoms with Gasteiger partial charge in [-0.3, -0.25) is 14.4 Å². The fraction of sp³-hybridized carbons (Fsp3) is 0.393. The topological polar surface area (TPSA) is 131 Å². The molecule has 10 nitrogen and oxygen atoms in total. The summed E-state index contributed by atoms with van der Waals surface area (Å²) in [5, 5.41) is 5.03. The Morgan fingerprint density at radius 3 is 2.26 bits per heavy atom. The highest BCUT2D eigenvalue weighted by molar-refractivity contribution is 5.96. The molecular weight excluding hydrogens is 490 g/mol. The van der Waals surface area contributed by atoms with Crippen LogP contribution in [0, 0.1) is 5.92 Å². The molecule has 10 heteroatoms. The minimum absolute atomic E-state index is 0.0619. The summed E-state index contributed by atoms with van der Waals surface area (Å²) in [5.41, 5.74) is 1.14. The van der Waals surface area contributed by atoms with Crippen molar-refractivity contribution in [2.24, 2.45) is 5.92 Å².